The minimum absolute atomic E-state index is 0.0787. The fourth-order valence-electron chi connectivity index (χ4n) is 6.92. The third-order valence-electron chi connectivity index (χ3n) is 8.41. The Balaban J connectivity index is 1.75. The topological polar surface area (TPSA) is 12.9 Å². The highest BCUT2D eigenvalue weighted by molar-refractivity contribution is 6.97. The molecule has 3 heterocycles. The van der Waals surface area contributed by atoms with Crippen LogP contribution in [0.15, 0.2) is 85.1 Å². The van der Waals surface area contributed by atoms with E-state index in [1.807, 2.05) is 12.3 Å². The maximum atomic E-state index is 4.85. The molecule has 0 amide bonds. The Morgan fingerprint density at radius 2 is 1.30 bits per heavy atom. The summed E-state index contributed by atoms with van der Waals surface area (Å²) in [6.07, 6.45) is 1.93. The van der Waals surface area contributed by atoms with Crippen LogP contribution >= 0.6 is 0 Å². The SMILES string of the molecule is CC1(C)c2ccccc2B2c3ccccc3C(C)(C)c3c2c1cc1c3ccc2cccnc21. The first kappa shape index (κ1) is 19.1. The first-order valence-electron chi connectivity index (χ1n) is 11.9. The predicted octanol–water partition coefficient (Wildman–Crippen LogP) is 5.18. The summed E-state index contributed by atoms with van der Waals surface area (Å²) in [7, 11) is 0. The van der Waals surface area contributed by atoms with Crippen LogP contribution in [0.4, 0.5) is 0 Å². The Kier molecular flexibility index (Phi) is 3.56. The van der Waals surface area contributed by atoms with Crippen LogP contribution in [-0.4, -0.2) is 11.7 Å². The van der Waals surface area contributed by atoms with Crippen molar-refractivity contribution in [2.75, 3.05) is 0 Å². The van der Waals surface area contributed by atoms with Crippen molar-refractivity contribution in [2.24, 2.45) is 0 Å². The van der Waals surface area contributed by atoms with Crippen LogP contribution in [0.5, 0.6) is 0 Å². The van der Waals surface area contributed by atoms with E-state index in [0.29, 0.717) is 0 Å². The average Bonchev–Trinajstić information content (AvgIpc) is 2.83. The molecule has 0 fully saturated rings. The Labute approximate surface area is 195 Å². The van der Waals surface area contributed by atoms with Gasteiger partial charge in [-0.2, -0.15) is 0 Å². The lowest BCUT2D eigenvalue weighted by atomic mass is 9.27. The van der Waals surface area contributed by atoms with E-state index in [-0.39, 0.29) is 17.5 Å². The van der Waals surface area contributed by atoms with E-state index in [1.165, 1.54) is 54.8 Å². The molecule has 2 aliphatic rings. The fraction of sp³-hybridized carbons (Fsp3) is 0.194. The minimum atomic E-state index is -0.0957. The number of hydrogen-bond donors (Lipinski definition) is 0. The highest BCUT2D eigenvalue weighted by Crippen LogP contribution is 2.44. The molecule has 0 aliphatic carbocycles. The van der Waals surface area contributed by atoms with Crippen molar-refractivity contribution in [2.45, 2.75) is 38.5 Å². The van der Waals surface area contributed by atoms with E-state index in [1.54, 1.807) is 0 Å². The Hall–Kier alpha value is -3.39. The number of pyridine rings is 1. The summed E-state index contributed by atoms with van der Waals surface area (Å²) in [6.45, 7) is 9.89. The van der Waals surface area contributed by atoms with Gasteiger partial charge in [-0.15, -0.1) is 0 Å². The van der Waals surface area contributed by atoms with E-state index in [0.717, 1.165) is 5.52 Å². The summed E-state index contributed by atoms with van der Waals surface area (Å²) >= 11 is 0. The molecule has 1 aromatic heterocycles. The number of nitrogens with zero attached hydrogens (tertiary/aromatic N) is 1. The molecule has 0 saturated carbocycles. The predicted molar refractivity (Wildman–Crippen MR) is 141 cm³/mol. The van der Waals surface area contributed by atoms with Crippen LogP contribution < -0.4 is 16.4 Å². The second-order valence-electron chi connectivity index (χ2n) is 10.8. The molecule has 0 bridgehead atoms. The van der Waals surface area contributed by atoms with Gasteiger partial charge < -0.3 is 0 Å². The van der Waals surface area contributed by atoms with Crippen LogP contribution in [0.3, 0.4) is 0 Å². The number of aromatic nitrogens is 1. The quantitative estimate of drug-likeness (QED) is 0.247. The summed E-state index contributed by atoms with van der Waals surface area (Å²) < 4.78 is 0. The molecule has 0 unspecified atom stereocenters. The molecule has 0 radical (unpaired) electrons. The van der Waals surface area contributed by atoms with Crippen LogP contribution in [0.2, 0.25) is 0 Å². The van der Waals surface area contributed by atoms with Gasteiger partial charge in [-0.1, -0.05) is 111 Å². The van der Waals surface area contributed by atoms with Crippen molar-refractivity contribution in [1.29, 1.82) is 0 Å². The van der Waals surface area contributed by atoms with E-state index < -0.39 is 0 Å². The number of benzene rings is 4. The molecule has 2 heteroatoms. The lowest BCUT2D eigenvalue weighted by Gasteiger charge is -2.47. The molecular formula is C31H26BN. The molecule has 2 aliphatic heterocycles. The van der Waals surface area contributed by atoms with Gasteiger partial charge in [0.2, 0.25) is 6.71 Å². The smallest absolute Gasteiger partial charge is 0.242 e. The second kappa shape index (κ2) is 6.14. The zero-order valence-corrected chi connectivity index (χ0v) is 19.6. The van der Waals surface area contributed by atoms with Gasteiger partial charge in [0.25, 0.3) is 0 Å². The van der Waals surface area contributed by atoms with E-state index in [9.17, 15) is 0 Å². The van der Waals surface area contributed by atoms with Crippen LogP contribution in [0.25, 0.3) is 21.7 Å². The van der Waals surface area contributed by atoms with Crippen LogP contribution in [-0.2, 0) is 10.8 Å². The standard InChI is InChI=1S/C31H26BN/c1-30(2)22-11-5-7-13-25(22)32-26-14-8-6-12-23(26)31(3,4)27-20-16-15-19-10-9-17-33-29(19)21(20)18-24(30)28(27)32/h5-18H,1-4H3. The molecule has 0 atom stereocenters. The largest absolute Gasteiger partial charge is 0.256 e. The van der Waals surface area contributed by atoms with Crippen LogP contribution in [0, 0.1) is 0 Å². The molecular weight excluding hydrogens is 397 g/mol. The summed E-state index contributed by atoms with van der Waals surface area (Å²) in [4.78, 5) is 4.85. The fourth-order valence-corrected chi connectivity index (χ4v) is 6.92. The highest BCUT2D eigenvalue weighted by atomic mass is 14.6. The Morgan fingerprint density at radius 1 is 0.636 bits per heavy atom. The van der Waals surface area contributed by atoms with E-state index >= 15 is 0 Å². The lowest BCUT2D eigenvalue weighted by Crippen LogP contribution is -2.66. The van der Waals surface area contributed by atoms with Gasteiger partial charge in [0.05, 0.1) is 5.52 Å². The molecule has 158 valence electrons. The molecule has 0 saturated heterocycles. The van der Waals surface area contributed by atoms with Crippen molar-refractivity contribution >= 4 is 44.8 Å². The van der Waals surface area contributed by atoms with E-state index in [2.05, 4.69) is 100 Å². The van der Waals surface area contributed by atoms with Crippen molar-refractivity contribution in [1.82, 2.24) is 4.98 Å². The summed E-state index contributed by atoms with van der Waals surface area (Å²) in [5.41, 5.74) is 11.2. The van der Waals surface area contributed by atoms with Crippen molar-refractivity contribution in [3.63, 3.8) is 0 Å². The van der Waals surface area contributed by atoms with Gasteiger partial charge in [-0.3, -0.25) is 4.98 Å². The van der Waals surface area contributed by atoms with Gasteiger partial charge in [0.15, 0.2) is 0 Å². The first-order chi connectivity index (χ1) is 15.9. The van der Waals surface area contributed by atoms with Crippen molar-refractivity contribution in [3.05, 3.63) is 107 Å². The normalized spacial score (nSPS) is 16.9. The molecule has 1 nitrogen and oxygen atoms in total. The maximum absolute atomic E-state index is 4.85. The number of rotatable bonds is 0. The zero-order valence-electron chi connectivity index (χ0n) is 19.6. The highest BCUT2D eigenvalue weighted by Gasteiger charge is 2.48. The molecule has 0 spiro atoms. The Bertz CT molecular complexity index is 1610. The van der Waals surface area contributed by atoms with E-state index in [4.69, 9.17) is 4.98 Å². The average molecular weight is 423 g/mol. The van der Waals surface area contributed by atoms with Crippen molar-refractivity contribution < 1.29 is 0 Å². The lowest BCUT2D eigenvalue weighted by molar-refractivity contribution is 0.626. The molecule has 33 heavy (non-hydrogen) atoms. The van der Waals surface area contributed by atoms with Gasteiger partial charge in [-0.05, 0) is 39.8 Å². The summed E-state index contributed by atoms with van der Waals surface area (Å²) in [6, 6.07) is 29.5. The number of hydrogen-bond acceptors (Lipinski definition) is 1. The van der Waals surface area contributed by atoms with Gasteiger partial charge in [0, 0.05) is 27.8 Å². The van der Waals surface area contributed by atoms with Crippen LogP contribution in [0.1, 0.15) is 49.9 Å². The van der Waals surface area contributed by atoms with Crippen molar-refractivity contribution in [3.8, 4) is 0 Å². The third kappa shape index (κ3) is 2.26. The molecule has 5 aromatic rings. The van der Waals surface area contributed by atoms with Gasteiger partial charge in [-0.25, -0.2) is 0 Å². The van der Waals surface area contributed by atoms with Gasteiger partial charge >= 0.3 is 0 Å². The third-order valence-corrected chi connectivity index (χ3v) is 8.41. The zero-order chi connectivity index (χ0) is 22.5. The molecule has 0 N–H and O–H groups in total. The Morgan fingerprint density at radius 3 is 2.03 bits per heavy atom. The minimum Gasteiger partial charge on any atom is -0.256 e. The first-order valence-corrected chi connectivity index (χ1v) is 11.9. The molecule has 7 rings (SSSR count). The van der Waals surface area contributed by atoms with Gasteiger partial charge in [0.1, 0.15) is 0 Å². The number of fused-ring (bicyclic) bond motifs is 8. The molecule has 4 aromatic carbocycles. The summed E-state index contributed by atoms with van der Waals surface area (Å²) in [5.74, 6) is 0. The monoisotopic (exact) mass is 423 g/mol. The second-order valence-corrected chi connectivity index (χ2v) is 10.8. The summed E-state index contributed by atoms with van der Waals surface area (Å²) in [5, 5.41) is 3.83. The maximum Gasteiger partial charge on any atom is 0.242 e.